The quantitative estimate of drug-likeness (QED) is 0.658. The molecule has 0 spiro atoms. The van der Waals surface area contributed by atoms with Crippen LogP contribution in [-0.4, -0.2) is 26.2 Å². The van der Waals surface area contributed by atoms with Crippen LogP contribution in [-0.2, 0) is 11.3 Å². The summed E-state index contributed by atoms with van der Waals surface area (Å²) in [4.78, 5) is 24.9. The van der Waals surface area contributed by atoms with Gasteiger partial charge < -0.3 is 10.4 Å². The number of carbonyl (C=O) groups is 1. The molecule has 9 heteroatoms. The lowest BCUT2D eigenvalue weighted by molar-refractivity contribution is -0.123. The van der Waals surface area contributed by atoms with Crippen LogP contribution in [0, 0.1) is 0 Å². The maximum atomic E-state index is 11.7. The van der Waals surface area contributed by atoms with Gasteiger partial charge in [0.25, 0.3) is 0 Å². The molecule has 1 heterocycles. The zero-order valence-electron chi connectivity index (χ0n) is 10.7. The van der Waals surface area contributed by atoms with Crippen molar-refractivity contribution in [2.45, 2.75) is 19.1 Å². The number of amides is 1. The van der Waals surface area contributed by atoms with Crippen LogP contribution in [0.15, 0.2) is 23.0 Å². The molecule has 2 aromatic rings. The summed E-state index contributed by atoms with van der Waals surface area (Å²) in [7, 11) is 0. The summed E-state index contributed by atoms with van der Waals surface area (Å²) in [5, 5.41) is 19.1. The molecule has 0 radical (unpaired) electrons. The van der Waals surface area contributed by atoms with E-state index in [1.54, 1.807) is 0 Å². The summed E-state index contributed by atoms with van der Waals surface area (Å²) >= 11 is 11.7. The van der Waals surface area contributed by atoms with E-state index >= 15 is 0 Å². The number of benzene rings is 1. The molecule has 0 aliphatic heterocycles. The van der Waals surface area contributed by atoms with Crippen molar-refractivity contribution in [3.63, 3.8) is 0 Å². The van der Waals surface area contributed by atoms with Crippen LogP contribution in [0.4, 0.5) is 0 Å². The van der Waals surface area contributed by atoms with Crippen molar-refractivity contribution in [3.8, 4) is 0 Å². The average Bonchev–Trinajstić information content (AvgIpc) is 2.81. The van der Waals surface area contributed by atoms with Gasteiger partial charge in [0, 0.05) is 10.0 Å². The van der Waals surface area contributed by atoms with Crippen LogP contribution in [0.1, 0.15) is 23.9 Å². The molecule has 1 amide bonds. The highest BCUT2D eigenvalue weighted by Gasteiger charge is 2.14. The molecule has 112 valence electrons. The molecule has 2 rings (SSSR count). The summed E-state index contributed by atoms with van der Waals surface area (Å²) in [6.45, 7) is 0.0561. The Hall–Kier alpha value is -1.83. The molecule has 21 heavy (non-hydrogen) atoms. The van der Waals surface area contributed by atoms with E-state index in [0.717, 1.165) is 0 Å². The standard InChI is InChI=1S/C12H12Cl2N4O3/c13-7-1-6(2-8(14)3-7)9(19)4-11(20)15-5-10-16-12(21)18-17-10/h1-3,9,19H,4-5H2,(H,15,20)(H2,16,17,18,21). The fraction of sp³-hybridized carbons (Fsp3) is 0.250. The van der Waals surface area contributed by atoms with Gasteiger partial charge in [-0.3, -0.25) is 9.78 Å². The Kier molecular flexibility index (Phi) is 5.00. The topological polar surface area (TPSA) is 111 Å². The van der Waals surface area contributed by atoms with Crippen molar-refractivity contribution < 1.29 is 9.90 Å². The highest BCUT2D eigenvalue weighted by Crippen LogP contribution is 2.25. The van der Waals surface area contributed by atoms with E-state index in [9.17, 15) is 14.7 Å². The van der Waals surface area contributed by atoms with Gasteiger partial charge in [-0.25, -0.2) is 9.89 Å². The van der Waals surface area contributed by atoms with Gasteiger partial charge in [-0.15, -0.1) is 0 Å². The fourth-order valence-electron chi connectivity index (χ4n) is 1.70. The Morgan fingerprint density at radius 1 is 1.33 bits per heavy atom. The minimum Gasteiger partial charge on any atom is -0.388 e. The molecule has 4 N–H and O–H groups in total. The predicted octanol–water partition coefficient (Wildman–Crippen LogP) is 1.14. The third-order valence-corrected chi connectivity index (χ3v) is 3.09. The van der Waals surface area contributed by atoms with Crippen molar-refractivity contribution in [1.82, 2.24) is 20.5 Å². The molecule has 1 atom stereocenters. The van der Waals surface area contributed by atoms with E-state index in [-0.39, 0.29) is 13.0 Å². The summed E-state index contributed by atoms with van der Waals surface area (Å²) in [6.07, 6.45) is -1.19. The lowest BCUT2D eigenvalue weighted by Gasteiger charge is -2.11. The number of rotatable bonds is 5. The predicted molar refractivity (Wildman–Crippen MR) is 77.1 cm³/mol. The second-order valence-electron chi connectivity index (χ2n) is 4.32. The first-order chi connectivity index (χ1) is 9.94. The monoisotopic (exact) mass is 330 g/mol. The maximum Gasteiger partial charge on any atom is 0.340 e. The Morgan fingerprint density at radius 2 is 2.00 bits per heavy atom. The Morgan fingerprint density at radius 3 is 2.57 bits per heavy atom. The number of nitrogens with zero attached hydrogens (tertiary/aromatic N) is 1. The Bertz CT molecular complexity index is 678. The Labute approximate surface area is 129 Å². The summed E-state index contributed by atoms with van der Waals surface area (Å²) in [5.74, 6) is -0.101. The first kappa shape index (κ1) is 15.6. The number of halogens is 2. The van der Waals surface area contributed by atoms with Gasteiger partial charge in [-0.1, -0.05) is 23.2 Å². The summed E-state index contributed by atoms with van der Waals surface area (Å²) in [6, 6.07) is 4.61. The van der Waals surface area contributed by atoms with Gasteiger partial charge in [0.15, 0.2) is 0 Å². The molecule has 0 saturated carbocycles. The van der Waals surface area contributed by atoms with E-state index in [4.69, 9.17) is 23.2 Å². The molecule has 0 bridgehead atoms. The number of H-pyrrole nitrogens is 2. The number of hydrogen-bond donors (Lipinski definition) is 4. The molecule has 0 aliphatic carbocycles. The van der Waals surface area contributed by atoms with E-state index in [1.807, 2.05) is 0 Å². The number of nitrogens with one attached hydrogen (secondary N) is 3. The van der Waals surface area contributed by atoms with Gasteiger partial charge in [0.05, 0.1) is 19.1 Å². The zero-order chi connectivity index (χ0) is 15.4. The van der Waals surface area contributed by atoms with Gasteiger partial charge in [-0.05, 0) is 23.8 Å². The number of carbonyl (C=O) groups excluding carboxylic acids is 1. The molecule has 1 aromatic heterocycles. The van der Waals surface area contributed by atoms with Crippen molar-refractivity contribution in [2.75, 3.05) is 0 Å². The van der Waals surface area contributed by atoms with E-state index in [1.165, 1.54) is 18.2 Å². The second kappa shape index (κ2) is 6.75. The Balaban J connectivity index is 1.91. The number of aliphatic hydroxyl groups is 1. The zero-order valence-corrected chi connectivity index (χ0v) is 12.2. The van der Waals surface area contributed by atoms with Gasteiger partial charge in [-0.2, -0.15) is 5.10 Å². The first-order valence-electron chi connectivity index (χ1n) is 5.98. The van der Waals surface area contributed by atoms with Crippen LogP contribution in [0.2, 0.25) is 10.0 Å². The summed E-state index contributed by atoms with van der Waals surface area (Å²) < 4.78 is 0. The highest BCUT2D eigenvalue weighted by atomic mass is 35.5. The number of aromatic amines is 2. The molecule has 0 saturated heterocycles. The van der Waals surface area contributed by atoms with E-state index in [0.29, 0.717) is 21.4 Å². The van der Waals surface area contributed by atoms with E-state index in [2.05, 4.69) is 20.5 Å². The normalized spacial score (nSPS) is 12.1. The van der Waals surface area contributed by atoms with Crippen molar-refractivity contribution in [2.24, 2.45) is 0 Å². The van der Waals surface area contributed by atoms with Crippen molar-refractivity contribution >= 4 is 29.1 Å². The summed E-state index contributed by atoms with van der Waals surface area (Å²) in [5.41, 5.74) is 0.00341. The first-order valence-corrected chi connectivity index (χ1v) is 6.74. The van der Waals surface area contributed by atoms with Crippen LogP contribution < -0.4 is 11.0 Å². The molecular formula is C12H12Cl2N4O3. The van der Waals surface area contributed by atoms with Gasteiger partial charge >= 0.3 is 5.69 Å². The van der Waals surface area contributed by atoms with Crippen LogP contribution in [0.3, 0.4) is 0 Å². The molecule has 1 aromatic carbocycles. The third kappa shape index (κ3) is 4.59. The third-order valence-electron chi connectivity index (χ3n) is 2.65. The van der Waals surface area contributed by atoms with Crippen LogP contribution in [0.5, 0.6) is 0 Å². The molecule has 0 fully saturated rings. The molecule has 1 unspecified atom stereocenters. The smallest absolute Gasteiger partial charge is 0.340 e. The SMILES string of the molecule is O=C(CC(O)c1cc(Cl)cc(Cl)c1)NCc1n[nH]c(=O)[nH]1. The fourth-order valence-corrected chi connectivity index (χ4v) is 2.25. The van der Waals surface area contributed by atoms with Crippen molar-refractivity contribution in [1.29, 1.82) is 0 Å². The number of aromatic nitrogens is 3. The minimum atomic E-state index is -1.03. The molecule has 7 nitrogen and oxygen atoms in total. The lowest BCUT2D eigenvalue weighted by Crippen LogP contribution is -2.25. The van der Waals surface area contributed by atoms with Gasteiger partial charge in [0.1, 0.15) is 5.82 Å². The highest BCUT2D eigenvalue weighted by molar-refractivity contribution is 6.34. The molecular weight excluding hydrogens is 319 g/mol. The molecule has 0 aliphatic rings. The van der Waals surface area contributed by atoms with Crippen LogP contribution >= 0.6 is 23.2 Å². The lowest BCUT2D eigenvalue weighted by atomic mass is 10.1. The van der Waals surface area contributed by atoms with Crippen molar-refractivity contribution in [3.05, 3.63) is 50.1 Å². The minimum absolute atomic E-state index is 0.0561. The van der Waals surface area contributed by atoms with Crippen LogP contribution in [0.25, 0.3) is 0 Å². The largest absolute Gasteiger partial charge is 0.388 e. The average molecular weight is 331 g/mol. The van der Waals surface area contributed by atoms with E-state index < -0.39 is 17.7 Å². The maximum absolute atomic E-state index is 11.7. The second-order valence-corrected chi connectivity index (χ2v) is 5.20. The number of hydrogen-bond acceptors (Lipinski definition) is 4. The van der Waals surface area contributed by atoms with Gasteiger partial charge in [0.2, 0.25) is 5.91 Å². The number of aliphatic hydroxyl groups excluding tert-OH is 1.